The number of carbonyl (C=O) groups excluding carboxylic acids is 1. The summed E-state index contributed by atoms with van der Waals surface area (Å²) in [7, 11) is 0. The van der Waals surface area contributed by atoms with Crippen LogP contribution in [0.2, 0.25) is 5.02 Å². The zero-order valence-corrected chi connectivity index (χ0v) is 13.0. The molecule has 1 unspecified atom stereocenters. The van der Waals surface area contributed by atoms with E-state index < -0.39 is 5.97 Å². The quantitative estimate of drug-likeness (QED) is 0.721. The van der Waals surface area contributed by atoms with Gasteiger partial charge in [0.25, 0.3) is 0 Å². The molecule has 6 heteroatoms. The number of benzene rings is 1. The van der Waals surface area contributed by atoms with Crippen molar-refractivity contribution in [2.24, 2.45) is 17.6 Å². The summed E-state index contributed by atoms with van der Waals surface area (Å²) in [6.45, 7) is 4.57. The molecular weight excluding hydrogens is 292 g/mol. The number of hydrogen-bond acceptors (Lipinski definition) is 3. The summed E-state index contributed by atoms with van der Waals surface area (Å²) in [6, 6.07) is 4.34. The average Bonchev–Trinajstić information content (AvgIpc) is 2.39. The maximum Gasteiger partial charge on any atom is 0.337 e. The number of nitrogens with two attached hydrogens (primary N) is 1. The molecule has 1 rings (SSSR count). The molecule has 0 heterocycles. The first-order chi connectivity index (χ1) is 9.83. The fourth-order valence-electron chi connectivity index (χ4n) is 2.20. The summed E-state index contributed by atoms with van der Waals surface area (Å²) in [5.74, 6) is -0.830. The van der Waals surface area contributed by atoms with Crippen LogP contribution in [-0.2, 0) is 4.79 Å². The van der Waals surface area contributed by atoms with E-state index in [0.717, 1.165) is 6.42 Å². The van der Waals surface area contributed by atoms with Crippen LogP contribution < -0.4 is 11.1 Å². The van der Waals surface area contributed by atoms with Crippen LogP contribution in [0.5, 0.6) is 0 Å². The maximum atomic E-state index is 12.0. The molecule has 5 nitrogen and oxygen atoms in total. The lowest BCUT2D eigenvalue weighted by Crippen LogP contribution is -2.24. The lowest BCUT2D eigenvalue weighted by molar-refractivity contribution is -0.117. The van der Waals surface area contributed by atoms with Crippen molar-refractivity contribution >= 4 is 29.2 Å². The minimum absolute atomic E-state index is 0.0241. The number of hydrogen-bond donors (Lipinski definition) is 3. The highest BCUT2D eigenvalue weighted by Gasteiger charge is 2.17. The second-order valence-corrected chi connectivity index (χ2v) is 5.92. The summed E-state index contributed by atoms with van der Waals surface area (Å²) < 4.78 is 0. The van der Waals surface area contributed by atoms with E-state index in [2.05, 4.69) is 19.2 Å². The zero-order chi connectivity index (χ0) is 16.0. The first-order valence-corrected chi connectivity index (χ1v) is 7.24. The van der Waals surface area contributed by atoms with Crippen LogP contribution in [0.4, 0.5) is 5.69 Å². The summed E-state index contributed by atoms with van der Waals surface area (Å²) in [5, 5.41) is 12.1. The summed E-state index contributed by atoms with van der Waals surface area (Å²) in [6.07, 6.45) is 1.13. The monoisotopic (exact) mass is 312 g/mol. The van der Waals surface area contributed by atoms with Crippen LogP contribution in [-0.4, -0.2) is 23.5 Å². The van der Waals surface area contributed by atoms with Crippen LogP contribution in [0.25, 0.3) is 0 Å². The minimum Gasteiger partial charge on any atom is -0.478 e. The number of rotatable bonds is 7. The molecule has 0 saturated heterocycles. The van der Waals surface area contributed by atoms with Gasteiger partial charge >= 0.3 is 5.97 Å². The first kappa shape index (κ1) is 17.5. The van der Waals surface area contributed by atoms with Gasteiger partial charge in [-0.1, -0.05) is 25.4 Å². The lowest BCUT2D eigenvalue weighted by Gasteiger charge is -2.17. The molecule has 21 heavy (non-hydrogen) atoms. The Morgan fingerprint density at radius 2 is 2.05 bits per heavy atom. The number of anilines is 1. The van der Waals surface area contributed by atoms with Gasteiger partial charge in [0.1, 0.15) is 0 Å². The standard InChI is InChI=1S/C15H21ClN2O3/c1-9(2)5-10(8-17)6-14(19)18-13-4-3-11(16)7-12(13)15(20)21/h3-4,7,9-10H,5-6,8,17H2,1-2H3,(H,18,19)(H,20,21). The van der Waals surface area contributed by atoms with Crippen molar-refractivity contribution in [3.63, 3.8) is 0 Å². The Hall–Kier alpha value is -1.59. The van der Waals surface area contributed by atoms with E-state index in [9.17, 15) is 9.59 Å². The van der Waals surface area contributed by atoms with Crippen molar-refractivity contribution in [2.75, 3.05) is 11.9 Å². The van der Waals surface area contributed by atoms with Crippen LogP contribution >= 0.6 is 11.6 Å². The molecule has 0 saturated carbocycles. The highest BCUT2D eigenvalue weighted by Crippen LogP contribution is 2.22. The van der Waals surface area contributed by atoms with Crippen molar-refractivity contribution in [2.45, 2.75) is 26.7 Å². The molecule has 1 aromatic rings. The van der Waals surface area contributed by atoms with E-state index >= 15 is 0 Å². The smallest absolute Gasteiger partial charge is 0.337 e. The third-order valence-corrected chi connectivity index (χ3v) is 3.33. The van der Waals surface area contributed by atoms with Gasteiger partial charge in [0.15, 0.2) is 0 Å². The molecule has 1 atom stereocenters. The van der Waals surface area contributed by atoms with E-state index in [1.807, 2.05) is 0 Å². The summed E-state index contributed by atoms with van der Waals surface area (Å²) in [4.78, 5) is 23.2. The Morgan fingerprint density at radius 3 is 2.57 bits per heavy atom. The van der Waals surface area contributed by atoms with E-state index in [4.69, 9.17) is 22.4 Å². The van der Waals surface area contributed by atoms with Crippen molar-refractivity contribution in [1.82, 2.24) is 0 Å². The fourth-order valence-corrected chi connectivity index (χ4v) is 2.37. The molecule has 0 aliphatic heterocycles. The second-order valence-electron chi connectivity index (χ2n) is 5.48. The highest BCUT2D eigenvalue weighted by molar-refractivity contribution is 6.31. The topological polar surface area (TPSA) is 92.4 Å². The predicted molar refractivity (Wildman–Crippen MR) is 83.7 cm³/mol. The Morgan fingerprint density at radius 1 is 1.38 bits per heavy atom. The minimum atomic E-state index is -1.13. The van der Waals surface area contributed by atoms with E-state index in [-0.39, 0.29) is 29.5 Å². The van der Waals surface area contributed by atoms with Crippen LogP contribution in [0.1, 0.15) is 37.0 Å². The number of carboxylic acids is 1. The molecule has 1 amide bonds. The molecule has 1 aromatic carbocycles. The van der Waals surface area contributed by atoms with E-state index in [1.165, 1.54) is 18.2 Å². The number of amides is 1. The van der Waals surface area contributed by atoms with Crippen molar-refractivity contribution in [3.8, 4) is 0 Å². The normalized spacial score (nSPS) is 12.2. The van der Waals surface area contributed by atoms with Gasteiger partial charge in [-0.05, 0) is 43.0 Å². The third-order valence-electron chi connectivity index (χ3n) is 3.10. The van der Waals surface area contributed by atoms with Crippen molar-refractivity contribution in [3.05, 3.63) is 28.8 Å². The average molecular weight is 313 g/mol. The van der Waals surface area contributed by atoms with Gasteiger partial charge in [-0.25, -0.2) is 4.79 Å². The summed E-state index contributed by atoms with van der Waals surface area (Å²) in [5.41, 5.74) is 5.89. The Bertz CT molecular complexity index is 518. The molecule has 0 spiro atoms. The highest BCUT2D eigenvalue weighted by atomic mass is 35.5. The van der Waals surface area contributed by atoms with E-state index in [0.29, 0.717) is 17.5 Å². The molecule has 0 fully saturated rings. The number of halogens is 1. The third kappa shape index (κ3) is 5.73. The first-order valence-electron chi connectivity index (χ1n) is 6.86. The van der Waals surface area contributed by atoms with Gasteiger partial charge in [0, 0.05) is 11.4 Å². The lowest BCUT2D eigenvalue weighted by atomic mass is 9.94. The number of nitrogens with one attached hydrogen (secondary N) is 1. The van der Waals surface area contributed by atoms with Crippen LogP contribution in [0.15, 0.2) is 18.2 Å². The number of carboxylic acid groups (broad SMARTS) is 1. The molecule has 0 aliphatic carbocycles. The molecule has 0 radical (unpaired) electrons. The zero-order valence-electron chi connectivity index (χ0n) is 12.2. The molecule has 0 aliphatic rings. The van der Waals surface area contributed by atoms with Gasteiger partial charge in [-0.2, -0.15) is 0 Å². The Kier molecular flexibility index (Phi) is 6.65. The van der Waals surface area contributed by atoms with E-state index in [1.54, 1.807) is 0 Å². The van der Waals surface area contributed by atoms with Gasteiger partial charge in [-0.15, -0.1) is 0 Å². The summed E-state index contributed by atoms with van der Waals surface area (Å²) >= 11 is 5.77. The molecule has 0 aromatic heterocycles. The molecule has 0 bridgehead atoms. The van der Waals surface area contributed by atoms with Gasteiger partial charge < -0.3 is 16.2 Å². The molecule has 4 N–H and O–H groups in total. The largest absolute Gasteiger partial charge is 0.478 e. The van der Waals surface area contributed by atoms with Crippen LogP contribution in [0, 0.1) is 11.8 Å². The van der Waals surface area contributed by atoms with Crippen molar-refractivity contribution < 1.29 is 14.7 Å². The van der Waals surface area contributed by atoms with Gasteiger partial charge in [0.2, 0.25) is 5.91 Å². The SMILES string of the molecule is CC(C)CC(CN)CC(=O)Nc1ccc(Cl)cc1C(=O)O. The van der Waals surface area contributed by atoms with Crippen LogP contribution in [0.3, 0.4) is 0 Å². The Balaban J connectivity index is 2.77. The molecule has 116 valence electrons. The number of carbonyl (C=O) groups is 2. The molecular formula is C15H21ClN2O3. The predicted octanol–water partition coefficient (Wildman–Crippen LogP) is 2.99. The Labute approximate surface area is 129 Å². The maximum absolute atomic E-state index is 12.0. The fraction of sp³-hybridized carbons (Fsp3) is 0.467. The second kappa shape index (κ2) is 8.00. The number of aromatic carboxylic acids is 1. The van der Waals surface area contributed by atoms with Gasteiger partial charge in [-0.3, -0.25) is 4.79 Å². The van der Waals surface area contributed by atoms with Gasteiger partial charge in [0.05, 0.1) is 11.3 Å². The van der Waals surface area contributed by atoms with Crippen molar-refractivity contribution in [1.29, 1.82) is 0 Å².